The maximum atomic E-state index is 10.8. The summed E-state index contributed by atoms with van der Waals surface area (Å²) >= 11 is 5.05. The van der Waals surface area contributed by atoms with Crippen molar-refractivity contribution in [2.45, 2.75) is 31.0 Å². The van der Waals surface area contributed by atoms with E-state index in [-0.39, 0.29) is 18.2 Å². The van der Waals surface area contributed by atoms with Gasteiger partial charge in [0.25, 0.3) is 0 Å². The Morgan fingerprint density at radius 3 is 2.23 bits per heavy atom. The molecule has 0 aliphatic carbocycles. The second kappa shape index (κ2) is 8.70. The van der Waals surface area contributed by atoms with Crippen molar-refractivity contribution in [1.29, 1.82) is 0 Å². The van der Waals surface area contributed by atoms with Gasteiger partial charge in [-0.2, -0.15) is 0 Å². The van der Waals surface area contributed by atoms with Crippen molar-refractivity contribution >= 4 is 17.2 Å². The molecule has 1 heterocycles. The molecule has 1 saturated heterocycles. The molecule has 0 aromatic heterocycles. The van der Waals surface area contributed by atoms with Crippen molar-refractivity contribution < 1.29 is 19.3 Å². The SMILES string of the molecule is NC(=S)[C@@]1(O)CO[C@H](COCc2ccccc2)[C@H]1OCc1ccccc1. The number of rotatable bonds is 8. The Labute approximate surface area is 158 Å². The third-order valence-electron chi connectivity index (χ3n) is 4.42. The number of aliphatic hydroxyl groups is 1. The minimum atomic E-state index is -1.50. The van der Waals surface area contributed by atoms with E-state index in [0.29, 0.717) is 13.2 Å². The molecule has 0 unspecified atom stereocenters. The molecule has 1 aliphatic heterocycles. The van der Waals surface area contributed by atoms with Gasteiger partial charge in [0.1, 0.15) is 17.2 Å². The van der Waals surface area contributed by atoms with Crippen LogP contribution < -0.4 is 5.73 Å². The fourth-order valence-corrected chi connectivity index (χ4v) is 3.11. The van der Waals surface area contributed by atoms with Crippen molar-refractivity contribution in [3.05, 3.63) is 71.8 Å². The van der Waals surface area contributed by atoms with Gasteiger partial charge in [0.05, 0.1) is 26.4 Å². The zero-order valence-corrected chi connectivity index (χ0v) is 15.2. The van der Waals surface area contributed by atoms with Gasteiger partial charge in [0.15, 0.2) is 5.60 Å². The Morgan fingerprint density at radius 2 is 1.65 bits per heavy atom. The van der Waals surface area contributed by atoms with E-state index in [0.717, 1.165) is 11.1 Å². The molecule has 5 nitrogen and oxygen atoms in total. The Kier molecular flexibility index (Phi) is 6.34. The standard InChI is InChI=1S/C20H23NO4S/c21-19(26)20(22)14-25-17(13-23-11-15-7-3-1-4-8-15)18(20)24-12-16-9-5-2-6-10-16/h1-10,17-18,22H,11-14H2,(H2,21,26)/t17-,18-,20-/m1/s1. The normalized spacial score (nSPS) is 25.3. The first-order valence-electron chi connectivity index (χ1n) is 8.50. The molecular formula is C20H23NO4S. The molecule has 3 atom stereocenters. The van der Waals surface area contributed by atoms with E-state index < -0.39 is 17.8 Å². The van der Waals surface area contributed by atoms with E-state index in [9.17, 15) is 5.11 Å². The lowest BCUT2D eigenvalue weighted by Crippen LogP contribution is -2.54. The molecule has 138 valence electrons. The van der Waals surface area contributed by atoms with Gasteiger partial charge in [-0.3, -0.25) is 0 Å². The van der Waals surface area contributed by atoms with Crippen molar-refractivity contribution in [2.75, 3.05) is 13.2 Å². The molecule has 0 bridgehead atoms. The molecule has 26 heavy (non-hydrogen) atoms. The van der Waals surface area contributed by atoms with Crippen molar-refractivity contribution in [1.82, 2.24) is 0 Å². The predicted molar refractivity (Wildman–Crippen MR) is 103 cm³/mol. The topological polar surface area (TPSA) is 73.9 Å². The highest BCUT2D eigenvalue weighted by Gasteiger charge is 2.52. The zero-order valence-electron chi connectivity index (χ0n) is 14.4. The van der Waals surface area contributed by atoms with Crippen LogP contribution in [0.2, 0.25) is 0 Å². The van der Waals surface area contributed by atoms with Crippen LogP contribution >= 0.6 is 12.2 Å². The van der Waals surface area contributed by atoms with E-state index in [4.69, 9.17) is 32.2 Å². The molecular weight excluding hydrogens is 350 g/mol. The first kappa shape index (κ1) is 18.9. The van der Waals surface area contributed by atoms with Crippen LogP contribution in [0.3, 0.4) is 0 Å². The van der Waals surface area contributed by atoms with Crippen LogP contribution in [0.5, 0.6) is 0 Å². The molecule has 0 amide bonds. The minimum absolute atomic E-state index is 0.00114. The lowest BCUT2D eigenvalue weighted by atomic mass is 9.96. The Bertz CT molecular complexity index is 712. The summed E-state index contributed by atoms with van der Waals surface area (Å²) in [5.41, 5.74) is 6.32. The predicted octanol–water partition coefficient (Wildman–Crippen LogP) is 2.20. The summed E-state index contributed by atoms with van der Waals surface area (Å²) in [4.78, 5) is -0.0267. The maximum Gasteiger partial charge on any atom is 0.166 e. The number of thiocarbonyl (C=S) groups is 1. The van der Waals surface area contributed by atoms with Crippen LogP contribution in [-0.2, 0) is 27.4 Å². The highest BCUT2D eigenvalue weighted by Crippen LogP contribution is 2.29. The number of benzene rings is 2. The van der Waals surface area contributed by atoms with Crippen LogP contribution in [-0.4, -0.2) is 41.1 Å². The summed E-state index contributed by atoms with van der Waals surface area (Å²) in [6.07, 6.45) is -1.13. The van der Waals surface area contributed by atoms with Crippen molar-refractivity contribution in [3.8, 4) is 0 Å². The van der Waals surface area contributed by atoms with Crippen LogP contribution in [0.25, 0.3) is 0 Å². The molecule has 6 heteroatoms. The summed E-state index contributed by atoms with van der Waals surface area (Å²) in [5, 5.41) is 10.8. The monoisotopic (exact) mass is 373 g/mol. The average molecular weight is 373 g/mol. The zero-order chi connectivity index (χ0) is 18.4. The van der Waals surface area contributed by atoms with E-state index >= 15 is 0 Å². The quantitative estimate of drug-likeness (QED) is 0.691. The second-order valence-corrected chi connectivity index (χ2v) is 6.80. The lowest BCUT2D eigenvalue weighted by molar-refractivity contribution is -0.0855. The Hall–Kier alpha value is -1.83. The first-order chi connectivity index (χ1) is 12.6. The van der Waals surface area contributed by atoms with Gasteiger partial charge in [0.2, 0.25) is 0 Å². The largest absolute Gasteiger partial charge is 0.391 e. The van der Waals surface area contributed by atoms with Crippen LogP contribution in [0.1, 0.15) is 11.1 Å². The van der Waals surface area contributed by atoms with Crippen LogP contribution in [0, 0.1) is 0 Å². The summed E-state index contributed by atoms with van der Waals surface area (Å²) in [7, 11) is 0. The molecule has 3 N–H and O–H groups in total. The summed E-state index contributed by atoms with van der Waals surface area (Å²) in [6, 6.07) is 19.6. The molecule has 0 spiro atoms. The highest BCUT2D eigenvalue weighted by molar-refractivity contribution is 7.80. The van der Waals surface area contributed by atoms with E-state index in [1.54, 1.807) is 0 Å². The molecule has 0 saturated carbocycles. The van der Waals surface area contributed by atoms with Gasteiger partial charge < -0.3 is 25.1 Å². The van der Waals surface area contributed by atoms with E-state index in [2.05, 4.69) is 0 Å². The third kappa shape index (κ3) is 4.47. The summed E-state index contributed by atoms with van der Waals surface area (Å²) in [5.74, 6) is 0. The first-order valence-corrected chi connectivity index (χ1v) is 8.91. The van der Waals surface area contributed by atoms with Crippen LogP contribution in [0.4, 0.5) is 0 Å². The molecule has 2 aromatic carbocycles. The Morgan fingerprint density at radius 1 is 1.08 bits per heavy atom. The van der Waals surface area contributed by atoms with Gasteiger partial charge in [-0.1, -0.05) is 72.9 Å². The smallest absolute Gasteiger partial charge is 0.166 e. The van der Waals surface area contributed by atoms with Gasteiger partial charge >= 0.3 is 0 Å². The van der Waals surface area contributed by atoms with Crippen molar-refractivity contribution in [3.63, 3.8) is 0 Å². The third-order valence-corrected chi connectivity index (χ3v) is 4.77. The molecule has 1 fully saturated rings. The number of nitrogens with two attached hydrogens (primary N) is 1. The van der Waals surface area contributed by atoms with Crippen LogP contribution in [0.15, 0.2) is 60.7 Å². The molecule has 2 aromatic rings. The summed E-state index contributed by atoms with van der Waals surface area (Å²) in [6.45, 7) is 1.06. The average Bonchev–Trinajstić information content (AvgIpc) is 2.99. The van der Waals surface area contributed by atoms with Gasteiger partial charge in [0, 0.05) is 0 Å². The molecule has 3 rings (SSSR count). The minimum Gasteiger partial charge on any atom is -0.391 e. The maximum absolute atomic E-state index is 10.8. The highest BCUT2D eigenvalue weighted by atomic mass is 32.1. The number of hydrogen-bond acceptors (Lipinski definition) is 5. The van der Waals surface area contributed by atoms with Crippen molar-refractivity contribution in [2.24, 2.45) is 5.73 Å². The fraction of sp³-hybridized carbons (Fsp3) is 0.350. The number of hydrogen-bond donors (Lipinski definition) is 2. The lowest BCUT2D eigenvalue weighted by Gasteiger charge is -2.29. The fourth-order valence-electron chi connectivity index (χ4n) is 2.93. The van der Waals surface area contributed by atoms with E-state index in [1.165, 1.54) is 0 Å². The van der Waals surface area contributed by atoms with Gasteiger partial charge in [-0.05, 0) is 11.1 Å². The molecule has 1 aliphatic rings. The summed E-state index contributed by atoms with van der Waals surface area (Å²) < 4.78 is 17.4. The van der Waals surface area contributed by atoms with Gasteiger partial charge in [-0.15, -0.1) is 0 Å². The Balaban J connectivity index is 1.62. The van der Waals surface area contributed by atoms with E-state index in [1.807, 2.05) is 60.7 Å². The molecule has 0 radical (unpaired) electrons. The number of ether oxygens (including phenoxy) is 3. The van der Waals surface area contributed by atoms with Gasteiger partial charge in [-0.25, -0.2) is 0 Å². The second-order valence-electron chi connectivity index (χ2n) is 6.36.